The third kappa shape index (κ3) is 3.79. The fourth-order valence-electron chi connectivity index (χ4n) is 3.51. The molecule has 10 nitrogen and oxygen atoms in total. The van der Waals surface area contributed by atoms with Crippen LogP contribution in [0, 0.1) is 0 Å². The van der Waals surface area contributed by atoms with E-state index >= 15 is 0 Å². The Morgan fingerprint density at radius 1 is 1.28 bits per heavy atom. The Labute approximate surface area is 167 Å². The van der Waals surface area contributed by atoms with Crippen LogP contribution in [0.2, 0.25) is 0 Å². The first-order valence-electron chi connectivity index (χ1n) is 9.30. The van der Waals surface area contributed by atoms with Gasteiger partial charge in [-0.3, -0.25) is 9.59 Å². The van der Waals surface area contributed by atoms with Gasteiger partial charge in [0.15, 0.2) is 6.61 Å². The van der Waals surface area contributed by atoms with E-state index in [9.17, 15) is 9.59 Å². The molecule has 1 fully saturated rings. The summed E-state index contributed by atoms with van der Waals surface area (Å²) in [5, 5.41) is 7.26. The minimum Gasteiger partial charge on any atom is -0.484 e. The van der Waals surface area contributed by atoms with E-state index in [1.165, 1.54) is 6.33 Å². The average Bonchev–Trinajstić information content (AvgIpc) is 3.20. The number of fused-ring (bicyclic) bond motifs is 1. The van der Waals surface area contributed by atoms with Gasteiger partial charge in [-0.1, -0.05) is 12.1 Å². The van der Waals surface area contributed by atoms with Gasteiger partial charge in [0, 0.05) is 18.8 Å². The van der Waals surface area contributed by atoms with Crippen molar-refractivity contribution >= 4 is 17.8 Å². The number of carbonyl (C=O) groups excluding carboxylic acids is 2. The molecule has 2 aliphatic heterocycles. The lowest BCUT2D eigenvalue weighted by molar-refractivity contribution is -0.137. The number of morpholine rings is 1. The number of nitrogens with zero attached hydrogens (tertiary/aromatic N) is 4. The third-order valence-corrected chi connectivity index (χ3v) is 4.98. The Morgan fingerprint density at radius 2 is 2.00 bits per heavy atom. The summed E-state index contributed by atoms with van der Waals surface area (Å²) in [5.74, 6) is 0.494. The maximum Gasteiger partial charge on any atom is 0.260 e. The van der Waals surface area contributed by atoms with Gasteiger partial charge in [-0.15, -0.1) is 0 Å². The molecular formula is C19H22N6O4. The van der Waals surface area contributed by atoms with Crippen LogP contribution in [-0.2, 0) is 14.3 Å². The minimum absolute atomic E-state index is 0.0362. The Hall–Kier alpha value is -3.40. The zero-order valence-electron chi connectivity index (χ0n) is 16.0. The van der Waals surface area contributed by atoms with Gasteiger partial charge < -0.3 is 25.4 Å². The zero-order valence-corrected chi connectivity index (χ0v) is 16.0. The summed E-state index contributed by atoms with van der Waals surface area (Å²) in [6, 6.07) is 6.68. The summed E-state index contributed by atoms with van der Waals surface area (Å²) < 4.78 is 12.5. The molecule has 0 spiro atoms. The van der Waals surface area contributed by atoms with Crippen LogP contribution in [0.25, 0.3) is 0 Å². The zero-order chi connectivity index (χ0) is 20.4. The van der Waals surface area contributed by atoms with Gasteiger partial charge >= 0.3 is 0 Å². The molecule has 0 aliphatic carbocycles. The fraction of sp³-hybridized carbons (Fsp3) is 0.368. The van der Waals surface area contributed by atoms with Gasteiger partial charge in [-0.25, -0.2) is 4.68 Å². The maximum atomic E-state index is 12.2. The normalized spacial score (nSPS) is 18.8. The molecule has 3 heterocycles. The molecule has 1 aromatic carbocycles. The second-order valence-corrected chi connectivity index (χ2v) is 6.81. The van der Waals surface area contributed by atoms with E-state index in [1.54, 1.807) is 28.6 Å². The van der Waals surface area contributed by atoms with Crippen LogP contribution in [0.3, 0.4) is 0 Å². The number of primary amides is 1. The largest absolute Gasteiger partial charge is 0.484 e. The van der Waals surface area contributed by atoms with Gasteiger partial charge in [0.2, 0.25) is 11.9 Å². The summed E-state index contributed by atoms with van der Waals surface area (Å²) >= 11 is 0. The molecule has 2 amide bonds. The van der Waals surface area contributed by atoms with E-state index in [2.05, 4.69) is 15.4 Å². The number of anilines is 1. The van der Waals surface area contributed by atoms with E-state index in [4.69, 9.17) is 15.2 Å². The van der Waals surface area contributed by atoms with Gasteiger partial charge in [-0.2, -0.15) is 10.1 Å². The van der Waals surface area contributed by atoms with Crippen LogP contribution >= 0.6 is 0 Å². The monoisotopic (exact) mass is 398 g/mol. The lowest BCUT2D eigenvalue weighted by Crippen LogP contribution is -2.42. The van der Waals surface area contributed by atoms with Crippen molar-refractivity contribution < 1.29 is 19.1 Å². The molecule has 29 heavy (non-hydrogen) atoms. The van der Waals surface area contributed by atoms with E-state index in [1.807, 2.05) is 12.1 Å². The number of ether oxygens (including phenoxy) is 2. The first kappa shape index (κ1) is 18.9. The first-order valence-corrected chi connectivity index (χ1v) is 9.30. The maximum absolute atomic E-state index is 12.2. The molecule has 10 heteroatoms. The van der Waals surface area contributed by atoms with Gasteiger partial charge in [0.05, 0.1) is 18.8 Å². The summed E-state index contributed by atoms with van der Waals surface area (Å²) in [5.41, 5.74) is 7.48. The second-order valence-electron chi connectivity index (χ2n) is 6.81. The van der Waals surface area contributed by atoms with Crippen molar-refractivity contribution in [3.05, 3.63) is 47.4 Å². The molecule has 0 bridgehead atoms. The lowest BCUT2D eigenvalue weighted by atomic mass is 9.95. The molecular weight excluding hydrogens is 376 g/mol. The summed E-state index contributed by atoms with van der Waals surface area (Å²) in [7, 11) is 0. The number of amides is 2. The Morgan fingerprint density at radius 3 is 2.69 bits per heavy atom. The molecule has 1 unspecified atom stereocenters. The van der Waals surface area contributed by atoms with Gasteiger partial charge in [0.1, 0.15) is 18.1 Å². The van der Waals surface area contributed by atoms with Crippen LogP contribution in [0.5, 0.6) is 5.75 Å². The molecule has 2 aliphatic rings. The van der Waals surface area contributed by atoms with Crippen molar-refractivity contribution in [2.24, 2.45) is 5.73 Å². The van der Waals surface area contributed by atoms with Crippen LogP contribution in [0.15, 0.2) is 41.9 Å². The molecule has 3 N–H and O–H groups in total. The van der Waals surface area contributed by atoms with Crippen molar-refractivity contribution in [1.82, 2.24) is 19.7 Å². The minimum atomic E-state index is -0.530. The number of benzene rings is 1. The number of aromatic nitrogens is 3. The molecule has 1 saturated heterocycles. The lowest BCUT2D eigenvalue weighted by Gasteiger charge is -2.28. The molecule has 152 valence electrons. The molecule has 0 saturated carbocycles. The summed E-state index contributed by atoms with van der Waals surface area (Å²) in [6.45, 7) is 4.01. The molecule has 2 aromatic rings. The second kappa shape index (κ2) is 7.92. The number of hydrogen-bond donors (Lipinski definition) is 2. The first-order chi connectivity index (χ1) is 14.0. The third-order valence-electron chi connectivity index (χ3n) is 4.98. The fourth-order valence-corrected chi connectivity index (χ4v) is 3.51. The molecule has 1 aromatic heterocycles. The van der Waals surface area contributed by atoms with Crippen molar-refractivity contribution in [3.63, 3.8) is 0 Å². The smallest absolute Gasteiger partial charge is 0.260 e. The highest BCUT2D eigenvalue weighted by Crippen LogP contribution is 2.34. The molecule has 1 atom stereocenters. The molecule has 4 rings (SSSR count). The summed E-state index contributed by atoms with van der Waals surface area (Å²) in [4.78, 5) is 30.2. The number of nitrogens with one attached hydrogen (secondary N) is 1. The van der Waals surface area contributed by atoms with Gasteiger partial charge in [0.25, 0.3) is 5.91 Å². The van der Waals surface area contributed by atoms with E-state index < -0.39 is 11.9 Å². The Bertz CT molecular complexity index is 946. The highest BCUT2D eigenvalue weighted by Gasteiger charge is 2.32. The number of allylic oxidation sites excluding steroid dienone is 1. The quantitative estimate of drug-likeness (QED) is 0.742. The van der Waals surface area contributed by atoms with Crippen molar-refractivity contribution in [3.8, 4) is 5.75 Å². The van der Waals surface area contributed by atoms with Crippen LogP contribution < -0.4 is 15.8 Å². The molecule has 0 radical (unpaired) electrons. The van der Waals surface area contributed by atoms with Crippen LogP contribution in [0.1, 0.15) is 18.5 Å². The Balaban J connectivity index is 1.50. The topological polar surface area (TPSA) is 125 Å². The predicted octanol–water partition coefficient (Wildman–Crippen LogP) is 0.290. The van der Waals surface area contributed by atoms with E-state index in [0.29, 0.717) is 49.3 Å². The average molecular weight is 398 g/mol. The number of nitrogens with two attached hydrogens (primary N) is 1. The number of carbonyl (C=O) groups is 2. The van der Waals surface area contributed by atoms with E-state index in [0.717, 1.165) is 5.56 Å². The van der Waals surface area contributed by atoms with Crippen LogP contribution in [0.4, 0.5) is 5.95 Å². The van der Waals surface area contributed by atoms with Crippen molar-refractivity contribution in [1.29, 1.82) is 0 Å². The van der Waals surface area contributed by atoms with Crippen molar-refractivity contribution in [2.75, 3.05) is 38.2 Å². The Kier molecular flexibility index (Phi) is 5.17. The van der Waals surface area contributed by atoms with Crippen molar-refractivity contribution in [2.45, 2.75) is 13.0 Å². The highest BCUT2D eigenvalue weighted by atomic mass is 16.5. The SMILES string of the molecule is CC1=C(C(N)=O)C(c2ccc(OCC(=O)N3CCOCC3)cc2)n2ncnc2N1. The summed E-state index contributed by atoms with van der Waals surface area (Å²) in [6.07, 6.45) is 1.42. The standard InChI is InChI=1S/C19H22N6O4/c1-12-16(18(20)27)17(25-19(23-12)21-11-22-25)13-2-4-14(5-3-13)29-10-15(26)24-6-8-28-9-7-24/h2-5,11,17H,6-10H2,1H3,(H2,20,27)(H,21,22,23). The number of hydrogen-bond acceptors (Lipinski definition) is 7. The van der Waals surface area contributed by atoms with Gasteiger partial charge in [-0.05, 0) is 24.6 Å². The van der Waals surface area contributed by atoms with Crippen LogP contribution in [-0.4, -0.2) is 64.4 Å². The highest BCUT2D eigenvalue weighted by molar-refractivity contribution is 5.95. The van der Waals surface area contributed by atoms with E-state index in [-0.39, 0.29) is 12.5 Å². The number of rotatable bonds is 5. The predicted molar refractivity (Wildman–Crippen MR) is 103 cm³/mol.